The van der Waals surface area contributed by atoms with Crippen molar-refractivity contribution in [2.45, 2.75) is 0 Å². The molecule has 0 heterocycles. The maximum Gasteiger partial charge on any atom is 1.00 e. The van der Waals surface area contributed by atoms with Gasteiger partial charge < -0.3 is 12.4 Å². The Hall–Kier alpha value is 0.630. The normalized spacial score (nSPS) is 3.33. The average Bonchev–Trinajstić information content (AvgIpc) is 1.37. The number of rotatable bonds is 1. The quantitative estimate of drug-likeness (QED) is 0.194. The maximum absolute atomic E-state index is 8.81. The number of aldehydes is 2. The second kappa shape index (κ2) is 17.4. The van der Waals surface area contributed by atoms with E-state index in [0.29, 0.717) is 0 Å². The Morgan fingerprint density at radius 3 is 1.17 bits per heavy atom. The molecule has 0 fully saturated rings. The molecule has 0 rings (SSSR count). The minimum atomic E-state index is 0. The third-order valence-corrected chi connectivity index (χ3v) is 0.0556. The fourth-order valence-electron chi connectivity index (χ4n) is 0. The van der Waals surface area contributed by atoms with E-state index < -0.39 is 0 Å². The van der Waals surface area contributed by atoms with Crippen LogP contribution in [-0.4, -0.2) is 12.6 Å². The predicted octanol–water partition coefficient (Wildman–Crippen LogP) is -6.61. The summed E-state index contributed by atoms with van der Waals surface area (Å²) in [5, 5.41) is 0. The van der Waals surface area contributed by atoms with Crippen LogP contribution in [0.5, 0.6) is 0 Å². The molecule has 30 valence electrons. The predicted molar refractivity (Wildman–Crippen MR) is 12.1 cm³/mol. The number of hydrogen-bond acceptors (Lipinski definition) is 2. The van der Waals surface area contributed by atoms with Gasteiger partial charge in [-0.3, -0.25) is 9.59 Å². The first-order valence-electron chi connectivity index (χ1n) is 0.805. The molecule has 0 N–H and O–H groups in total. The topological polar surface area (TPSA) is 34.1 Å². The van der Waals surface area contributed by atoms with E-state index in [1.165, 1.54) is 0 Å². The molecular weight excluding hydrogens is 114 g/mol. The molecule has 0 aliphatic carbocycles. The van der Waals surface area contributed by atoms with Crippen molar-refractivity contribution in [3.63, 3.8) is 0 Å². The van der Waals surface area contributed by atoms with Gasteiger partial charge >= 0.3 is 29.6 Å². The molecule has 4 heteroatoms. The van der Waals surface area contributed by atoms with Gasteiger partial charge in [-0.15, -0.1) is 0 Å². The molecule has 0 aromatic rings. The molecule has 0 unspecified atom stereocenters. The van der Waals surface area contributed by atoms with Crippen molar-refractivity contribution in [3.05, 3.63) is 0 Å². The summed E-state index contributed by atoms with van der Waals surface area (Å²) in [6.07, 6.45) is 0.389. The zero-order chi connectivity index (χ0) is 3.41. The van der Waals surface area contributed by atoms with E-state index >= 15 is 0 Å². The van der Waals surface area contributed by atoms with E-state index in [4.69, 9.17) is 9.59 Å². The van der Waals surface area contributed by atoms with Crippen LogP contribution in [0.4, 0.5) is 0 Å². The Kier molecular flexibility index (Phi) is 46.4. The van der Waals surface area contributed by atoms with Crippen LogP contribution < -0.4 is 42.0 Å². The smallest absolute Gasteiger partial charge is 1.00 e. The van der Waals surface area contributed by atoms with Gasteiger partial charge in [0, 0.05) is 0 Å². The Balaban J connectivity index is -0.0000000450. The Bertz CT molecular complexity index is 32.5. The van der Waals surface area contributed by atoms with Gasteiger partial charge in [-0.25, -0.2) is 0 Å². The van der Waals surface area contributed by atoms with Crippen LogP contribution in [0.2, 0.25) is 0 Å². The molecule has 0 atom stereocenters. The fraction of sp³-hybridized carbons (Fsp3) is 0. The number of hydrogen-bond donors (Lipinski definition) is 0. The Morgan fingerprint density at radius 1 is 1.00 bits per heavy atom. The summed E-state index contributed by atoms with van der Waals surface area (Å²) in [7, 11) is 0. The van der Waals surface area contributed by atoms with Crippen LogP contribution in [0.3, 0.4) is 0 Å². The average molecular weight is 116 g/mol. The Morgan fingerprint density at radius 2 is 1.17 bits per heavy atom. The van der Waals surface area contributed by atoms with Crippen molar-refractivity contribution in [1.82, 2.24) is 0 Å². The van der Waals surface area contributed by atoms with E-state index in [-0.39, 0.29) is 54.5 Å². The first-order valence-corrected chi connectivity index (χ1v) is 0.805. The zero-order valence-electron chi connectivity index (χ0n) is 3.35. The van der Waals surface area contributed by atoms with Crippen molar-refractivity contribution in [1.29, 1.82) is 0 Å². The molecule has 0 saturated carbocycles. The molecular formula is C2H2ClNaO2. The number of halogens is 1. The standard InChI is InChI=1S/C2H2O2.ClH.Na/c3-1-2-4;;/h1-2H;1H;/q;;+1/p-1. The van der Waals surface area contributed by atoms with Crippen LogP contribution in [-0.2, 0) is 9.59 Å². The summed E-state index contributed by atoms with van der Waals surface area (Å²) in [6.45, 7) is 0. The molecule has 0 aromatic carbocycles. The zero-order valence-corrected chi connectivity index (χ0v) is 6.11. The summed E-state index contributed by atoms with van der Waals surface area (Å²) in [5.41, 5.74) is 0. The summed E-state index contributed by atoms with van der Waals surface area (Å²) in [4.78, 5) is 17.6. The van der Waals surface area contributed by atoms with Crippen LogP contribution in [0.15, 0.2) is 0 Å². The van der Waals surface area contributed by atoms with Gasteiger partial charge in [0.2, 0.25) is 0 Å². The van der Waals surface area contributed by atoms with Crippen molar-refractivity contribution in [2.75, 3.05) is 0 Å². The van der Waals surface area contributed by atoms with Crippen molar-refractivity contribution < 1.29 is 51.6 Å². The molecule has 0 aromatic heterocycles. The van der Waals surface area contributed by atoms with Crippen LogP contribution in [0, 0.1) is 0 Å². The van der Waals surface area contributed by atoms with Crippen LogP contribution in [0.1, 0.15) is 0 Å². The van der Waals surface area contributed by atoms with Crippen LogP contribution >= 0.6 is 0 Å². The largest absolute Gasteiger partial charge is 1.00 e. The molecule has 2 nitrogen and oxygen atoms in total. The van der Waals surface area contributed by atoms with Gasteiger partial charge in [0.25, 0.3) is 0 Å². The van der Waals surface area contributed by atoms with Crippen molar-refractivity contribution in [2.24, 2.45) is 0 Å². The van der Waals surface area contributed by atoms with Gasteiger partial charge in [-0.05, 0) is 0 Å². The van der Waals surface area contributed by atoms with Crippen molar-refractivity contribution >= 4 is 12.6 Å². The third kappa shape index (κ3) is 23.0. The first-order chi connectivity index (χ1) is 1.91. The second-order valence-electron chi connectivity index (χ2n) is 0.272. The molecule has 0 saturated heterocycles. The van der Waals surface area contributed by atoms with Gasteiger partial charge in [0.15, 0.2) is 12.6 Å². The van der Waals surface area contributed by atoms with Gasteiger partial charge in [0.1, 0.15) is 0 Å². The van der Waals surface area contributed by atoms with Gasteiger partial charge in [-0.2, -0.15) is 0 Å². The minimum Gasteiger partial charge on any atom is -1.00 e. The van der Waals surface area contributed by atoms with Crippen LogP contribution in [0.25, 0.3) is 0 Å². The molecule has 0 aliphatic rings. The van der Waals surface area contributed by atoms with E-state index in [1.54, 1.807) is 0 Å². The monoisotopic (exact) mass is 116 g/mol. The third-order valence-electron chi connectivity index (χ3n) is 0.0556. The summed E-state index contributed by atoms with van der Waals surface area (Å²) < 4.78 is 0. The summed E-state index contributed by atoms with van der Waals surface area (Å²) in [5.74, 6) is 0. The van der Waals surface area contributed by atoms with E-state index in [1.807, 2.05) is 0 Å². The number of carbonyl (C=O) groups excluding carboxylic acids is 2. The molecule has 0 aliphatic heterocycles. The summed E-state index contributed by atoms with van der Waals surface area (Å²) in [6, 6.07) is 0. The summed E-state index contributed by atoms with van der Waals surface area (Å²) >= 11 is 0. The second-order valence-corrected chi connectivity index (χ2v) is 0.272. The van der Waals surface area contributed by atoms with E-state index in [2.05, 4.69) is 0 Å². The maximum atomic E-state index is 8.81. The van der Waals surface area contributed by atoms with Gasteiger partial charge in [0.05, 0.1) is 0 Å². The molecule has 0 radical (unpaired) electrons. The molecule has 6 heavy (non-hydrogen) atoms. The first kappa shape index (κ1) is 15.9. The Labute approximate surface area is 64.0 Å². The van der Waals surface area contributed by atoms with E-state index in [0.717, 1.165) is 0 Å². The molecule has 0 bridgehead atoms. The molecule has 0 amide bonds. The SMILES string of the molecule is O=CC=O.[Cl-].[Na+]. The van der Waals surface area contributed by atoms with Gasteiger partial charge in [-0.1, -0.05) is 0 Å². The van der Waals surface area contributed by atoms with E-state index in [9.17, 15) is 0 Å². The fourth-order valence-corrected chi connectivity index (χ4v) is 0. The molecule has 0 spiro atoms. The number of carbonyl (C=O) groups is 2. The minimum absolute atomic E-state index is 0. The van der Waals surface area contributed by atoms with Crippen molar-refractivity contribution in [3.8, 4) is 0 Å².